The second-order valence-corrected chi connectivity index (χ2v) is 8.71. The Morgan fingerprint density at radius 3 is 2.56 bits per heavy atom. The van der Waals surface area contributed by atoms with Crippen LogP contribution in [-0.4, -0.2) is 43.2 Å². The van der Waals surface area contributed by atoms with Crippen molar-refractivity contribution in [2.45, 2.75) is 70.6 Å². The van der Waals surface area contributed by atoms with Crippen LogP contribution in [0.2, 0.25) is 0 Å². The zero-order valence-electron chi connectivity index (χ0n) is 16.8. The number of aryl methyl sites for hydroxylation is 1. The Labute approximate surface area is 161 Å². The van der Waals surface area contributed by atoms with Gasteiger partial charge in [0.1, 0.15) is 12.0 Å². The van der Waals surface area contributed by atoms with Crippen molar-refractivity contribution < 1.29 is 0 Å². The van der Waals surface area contributed by atoms with E-state index in [9.17, 15) is 0 Å². The van der Waals surface area contributed by atoms with Crippen LogP contribution in [0.1, 0.15) is 47.0 Å². The fourth-order valence-electron chi connectivity index (χ4n) is 4.16. The summed E-state index contributed by atoms with van der Waals surface area (Å²) in [6.07, 6.45) is 10.1. The van der Waals surface area contributed by atoms with Crippen LogP contribution in [0, 0.1) is 0 Å². The van der Waals surface area contributed by atoms with E-state index < -0.39 is 0 Å². The summed E-state index contributed by atoms with van der Waals surface area (Å²) in [5.74, 6) is 1.39. The number of aromatic nitrogens is 4. The summed E-state index contributed by atoms with van der Waals surface area (Å²) in [5, 5.41) is 10.6. The fraction of sp³-hybridized carbons (Fsp3) is 0.632. The number of hydrogen-bond acceptors (Lipinski definition) is 7. The molecular weight excluding hydrogens is 340 g/mol. The van der Waals surface area contributed by atoms with Crippen molar-refractivity contribution in [3.05, 3.63) is 25.0 Å². The predicted molar refractivity (Wildman–Crippen MR) is 110 cm³/mol. The van der Waals surface area contributed by atoms with Gasteiger partial charge in [-0.15, -0.1) is 0 Å². The summed E-state index contributed by atoms with van der Waals surface area (Å²) < 4.78 is 2.05. The highest BCUT2D eigenvalue weighted by Crippen LogP contribution is 2.32. The number of nitrogens with one attached hydrogen (secondary N) is 3. The quantitative estimate of drug-likeness (QED) is 0.553. The Morgan fingerprint density at radius 2 is 1.89 bits per heavy atom. The molecule has 0 spiro atoms. The SMILES string of the molecule is CC1(C)CC(Nc2ncnc(NCCCn3ccnc3)c2N)CC(C)(C)N1. The fourth-order valence-corrected chi connectivity index (χ4v) is 4.16. The van der Waals surface area contributed by atoms with E-state index >= 15 is 0 Å². The Kier molecular flexibility index (Phi) is 5.55. The normalized spacial score (nSPS) is 19.0. The van der Waals surface area contributed by atoms with Crippen molar-refractivity contribution in [1.29, 1.82) is 0 Å². The van der Waals surface area contributed by atoms with Crippen LogP contribution in [0.5, 0.6) is 0 Å². The third kappa shape index (κ3) is 5.32. The molecule has 2 aromatic heterocycles. The largest absolute Gasteiger partial charge is 0.393 e. The van der Waals surface area contributed by atoms with E-state index in [0.29, 0.717) is 23.4 Å². The number of piperidine rings is 1. The third-order valence-electron chi connectivity index (χ3n) is 4.86. The lowest BCUT2D eigenvalue weighted by molar-refractivity contribution is 0.170. The summed E-state index contributed by atoms with van der Waals surface area (Å²) in [5.41, 5.74) is 7.04. The van der Waals surface area contributed by atoms with Gasteiger partial charge in [-0.2, -0.15) is 0 Å². The monoisotopic (exact) mass is 372 g/mol. The van der Waals surface area contributed by atoms with Crippen LogP contribution in [0.15, 0.2) is 25.0 Å². The molecule has 0 atom stereocenters. The van der Waals surface area contributed by atoms with E-state index in [1.165, 1.54) is 0 Å². The van der Waals surface area contributed by atoms with Gasteiger partial charge in [-0.3, -0.25) is 0 Å². The van der Waals surface area contributed by atoms with Crippen LogP contribution >= 0.6 is 0 Å². The zero-order valence-corrected chi connectivity index (χ0v) is 16.8. The summed E-state index contributed by atoms with van der Waals surface area (Å²) in [7, 11) is 0. The number of rotatable bonds is 7. The molecule has 148 valence electrons. The van der Waals surface area contributed by atoms with E-state index in [1.807, 2.05) is 12.5 Å². The van der Waals surface area contributed by atoms with Crippen molar-refractivity contribution in [2.24, 2.45) is 0 Å². The molecule has 0 saturated carbocycles. The first-order chi connectivity index (χ1) is 12.7. The highest BCUT2D eigenvalue weighted by molar-refractivity contribution is 5.74. The van der Waals surface area contributed by atoms with E-state index in [0.717, 1.165) is 32.4 Å². The van der Waals surface area contributed by atoms with Gasteiger partial charge in [0, 0.05) is 42.6 Å². The van der Waals surface area contributed by atoms with Gasteiger partial charge in [0.2, 0.25) is 0 Å². The molecule has 3 heterocycles. The second-order valence-electron chi connectivity index (χ2n) is 8.71. The molecule has 3 rings (SSSR count). The number of imidazole rings is 1. The van der Waals surface area contributed by atoms with Gasteiger partial charge in [-0.1, -0.05) is 0 Å². The van der Waals surface area contributed by atoms with Gasteiger partial charge in [-0.25, -0.2) is 15.0 Å². The molecule has 0 aromatic carbocycles. The summed E-state index contributed by atoms with van der Waals surface area (Å²) in [4.78, 5) is 12.7. The van der Waals surface area contributed by atoms with Gasteiger partial charge in [0.05, 0.1) is 6.33 Å². The number of anilines is 3. The average molecular weight is 373 g/mol. The molecule has 8 heteroatoms. The summed E-state index contributed by atoms with van der Waals surface area (Å²) >= 11 is 0. The first kappa shape index (κ1) is 19.4. The first-order valence-corrected chi connectivity index (χ1v) is 9.60. The smallest absolute Gasteiger partial charge is 0.155 e. The van der Waals surface area contributed by atoms with Crippen LogP contribution in [-0.2, 0) is 6.54 Å². The molecule has 1 saturated heterocycles. The van der Waals surface area contributed by atoms with Crippen molar-refractivity contribution >= 4 is 17.3 Å². The average Bonchev–Trinajstić information content (AvgIpc) is 3.05. The molecule has 1 aliphatic rings. The molecule has 2 aromatic rings. The Balaban J connectivity index is 1.59. The standard InChI is InChI=1S/C19H32N8/c1-18(2)10-14(11-19(3,4)26-18)25-17-15(20)16(23-12-24-17)22-6-5-8-27-9-7-21-13-27/h7,9,12-14,26H,5-6,8,10-11,20H2,1-4H3,(H2,22,23,24,25). The Morgan fingerprint density at radius 1 is 1.19 bits per heavy atom. The van der Waals surface area contributed by atoms with Crippen LogP contribution in [0.3, 0.4) is 0 Å². The van der Waals surface area contributed by atoms with Gasteiger partial charge >= 0.3 is 0 Å². The highest BCUT2D eigenvalue weighted by atomic mass is 15.1. The lowest BCUT2D eigenvalue weighted by atomic mass is 9.79. The van der Waals surface area contributed by atoms with Crippen molar-refractivity contribution in [3.8, 4) is 0 Å². The molecule has 0 bridgehead atoms. The summed E-state index contributed by atoms with van der Waals surface area (Å²) in [6.45, 7) is 10.6. The predicted octanol–water partition coefficient (Wildman–Crippen LogP) is 2.48. The number of nitrogen functional groups attached to an aromatic ring is 1. The van der Waals surface area contributed by atoms with Crippen LogP contribution < -0.4 is 21.7 Å². The van der Waals surface area contributed by atoms with Crippen molar-refractivity contribution in [3.63, 3.8) is 0 Å². The molecule has 0 radical (unpaired) electrons. The molecule has 1 fully saturated rings. The minimum absolute atomic E-state index is 0.0651. The molecule has 0 unspecified atom stereocenters. The van der Waals surface area contributed by atoms with E-state index in [4.69, 9.17) is 5.73 Å². The Hall–Kier alpha value is -2.35. The molecule has 0 aliphatic carbocycles. The summed E-state index contributed by atoms with van der Waals surface area (Å²) in [6, 6.07) is 0.308. The zero-order chi connectivity index (χ0) is 19.5. The molecule has 1 aliphatic heterocycles. The number of nitrogens with two attached hydrogens (primary N) is 1. The molecule has 8 nitrogen and oxygen atoms in total. The molecule has 27 heavy (non-hydrogen) atoms. The highest BCUT2D eigenvalue weighted by Gasteiger charge is 2.37. The van der Waals surface area contributed by atoms with Crippen molar-refractivity contribution in [2.75, 3.05) is 22.9 Å². The van der Waals surface area contributed by atoms with Crippen molar-refractivity contribution in [1.82, 2.24) is 24.8 Å². The maximum absolute atomic E-state index is 6.33. The first-order valence-electron chi connectivity index (χ1n) is 9.60. The van der Waals surface area contributed by atoms with Gasteiger partial charge in [0.25, 0.3) is 0 Å². The Bertz CT molecular complexity index is 722. The van der Waals surface area contributed by atoms with Crippen LogP contribution in [0.25, 0.3) is 0 Å². The molecule has 5 N–H and O–H groups in total. The third-order valence-corrected chi connectivity index (χ3v) is 4.86. The van der Waals surface area contributed by atoms with E-state index in [1.54, 1.807) is 12.5 Å². The topological polar surface area (TPSA) is 106 Å². The minimum Gasteiger partial charge on any atom is -0.393 e. The number of hydrogen-bond donors (Lipinski definition) is 4. The lowest BCUT2D eigenvalue weighted by Gasteiger charge is -2.46. The van der Waals surface area contributed by atoms with Gasteiger partial charge in [-0.05, 0) is 47.0 Å². The molecule has 0 amide bonds. The van der Waals surface area contributed by atoms with Gasteiger partial charge in [0.15, 0.2) is 11.6 Å². The minimum atomic E-state index is 0.0651. The van der Waals surface area contributed by atoms with E-state index in [-0.39, 0.29) is 11.1 Å². The number of nitrogens with zero attached hydrogens (tertiary/aromatic N) is 4. The maximum Gasteiger partial charge on any atom is 0.155 e. The second kappa shape index (κ2) is 7.72. The van der Waals surface area contributed by atoms with Gasteiger partial charge < -0.3 is 26.3 Å². The molecular formula is C19H32N8. The van der Waals surface area contributed by atoms with E-state index in [2.05, 4.69) is 63.2 Å². The maximum atomic E-state index is 6.33. The van der Waals surface area contributed by atoms with Crippen LogP contribution in [0.4, 0.5) is 17.3 Å². The lowest BCUT2D eigenvalue weighted by Crippen LogP contribution is -2.60.